The van der Waals surface area contributed by atoms with Gasteiger partial charge >= 0.3 is 6.09 Å². The van der Waals surface area contributed by atoms with Crippen LogP contribution in [-0.2, 0) is 16.0 Å². The molecule has 3 aromatic rings. The van der Waals surface area contributed by atoms with Crippen LogP contribution in [0.15, 0.2) is 72.8 Å². The summed E-state index contributed by atoms with van der Waals surface area (Å²) in [5, 5.41) is 11.6. The molecule has 0 radical (unpaired) electrons. The predicted octanol–water partition coefficient (Wildman–Crippen LogP) is 3.12. The molecule has 5 nitrogen and oxygen atoms in total. The number of hydrogen-bond donors (Lipinski definition) is 0. The highest BCUT2D eigenvalue weighted by molar-refractivity contribution is 5.98. The predicted molar refractivity (Wildman–Crippen MR) is 106 cm³/mol. The van der Waals surface area contributed by atoms with E-state index in [1.54, 1.807) is 12.1 Å². The fraction of sp³-hybridized carbons (Fsp3) is 0.167. The molecule has 0 saturated carbocycles. The zero-order valence-electron chi connectivity index (χ0n) is 15.6. The summed E-state index contributed by atoms with van der Waals surface area (Å²) >= 11 is 0. The fourth-order valence-electron chi connectivity index (χ4n) is 4.46. The Labute approximate surface area is 168 Å². The first-order valence-corrected chi connectivity index (χ1v) is 9.58. The highest BCUT2D eigenvalue weighted by Gasteiger charge is 2.36. The van der Waals surface area contributed by atoms with Crippen LogP contribution in [0.5, 0.6) is 0 Å². The van der Waals surface area contributed by atoms with Gasteiger partial charge in [0, 0.05) is 12.3 Å². The third-order valence-electron chi connectivity index (χ3n) is 5.78. The third kappa shape index (κ3) is 2.78. The number of nitrogens with zero attached hydrogens (tertiary/aromatic N) is 1. The first-order valence-electron chi connectivity index (χ1n) is 9.58. The Bertz CT molecular complexity index is 1080. The highest BCUT2D eigenvalue weighted by Crippen LogP contribution is 2.44. The molecular formula is C24H18NO4-. The second-order valence-electron chi connectivity index (χ2n) is 7.34. The molecule has 0 saturated heterocycles. The van der Waals surface area contributed by atoms with Gasteiger partial charge in [-0.1, -0.05) is 66.7 Å². The van der Waals surface area contributed by atoms with E-state index in [9.17, 15) is 14.7 Å². The lowest BCUT2D eigenvalue weighted by Crippen LogP contribution is -2.49. The van der Waals surface area contributed by atoms with E-state index in [0.717, 1.165) is 27.8 Å². The number of amides is 1. The standard InChI is InChI=1S/C24H19NO4/c26-23(27)22-13-15-7-1-6-12-21(15)25(22)24(28)29-14-20-18-10-4-2-8-16(18)17-9-3-5-11-19(17)20/h1-12,20,22H,13-14H2,(H,26,27)/p-1/t22-/m0/s1. The number of hydrogen-bond acceptors (Lipinski definition) is 4. The summed E-state index contributed by atoms with van der Waals surface area (Å²) in [5.74, 6) is -1.36. The van der Waals surface area contributed by atoms with E-state index in [-0.39, 0.29) is 18.9 Å². The average molecular weight is 384 g/mol. The van der Waals surface area contributed by atoms with Crippen molar-refractivity contribution in [3.63, 3.8) is 0 Å². The molecule has 29 heavy (non-hydrogen) atoms. The van der Waals surface area contributed by atoms with Gasteiger partial charge < -0.3 is 14.6 Å². The smallest absolute Gasteiger partial charge is 0.414 e. The number of anilines is 1. The van der Waals surface area contributed by atoms with E-state index in [2.05, 4.69) is 12.1 Å². The normalized spacial score (nSPS) is 16.8. The number of carbonyl (C=O) groups is 2. The maximum Gasteiger partial charge on any atom is 0.414 e. The summed E-state index contributed by atoms with van der Waals surface area (Å²) in [6.45, 7) is 0.144. The van der Waals surface area contributed by atoms with E-state index in [0.29, 0.717) is 5.69 Å². The average Bonchev–Trinajstić information content (AvgIpc) is 3.29. The van der Waals surface area contributed by atoms with Crippen molar-refractivity contribution in [3.8, 4) is 11.1 Å². The van der Waals surface area contributed by atoms with Crippen molar-refractivity contribution < 1.29 is 19.4 Å². The quantitative estimate of drug-likeness (QED) is 0.696. The number of carboxylic acid groups (broad SMARTS) is 1. The molecule has 1 aliphatic heterocycles. The summed E-state index contributed by atoms with van der Waals surface area (Å²) < 4.78 is 5.66. The van der Waals surface area contributed by atoms with Gasteiger partial charge in [0.15, 0.2) is 0 Å². The second kappa shape index (κ2) is 6.78. The Morgan fingerprint density at radius 2 is 1.48 bits per heavy atom. The number of fused-ring (bicyclic) bond motifs is 4. The van der Waals surface area contributed by atoms with Crippen LogP contribution >= 0.6 is 0 Å². The molecule has 1 heterocycles. The fourth-order valence-corrected chi connectivity index (χ4v) is 4.46. The third-order valence-corrected chi connectivity index (χ3v) is 5.78. The molecule has 1 atom stereocenters. The molecule has 0 aromatic heterocycles. The Balaban J connectivity index is 1.42. The van der Waals surface area contributed by atoms with Gasteiger partial charge in [0.1, 0.15) is 6.61 Å². The van der Waals surface area contributed by atoms with E-state index < -0.39 is 18.1 Å². The number of carboxylic acids is 1. The Morgan fingerprint density at radius 1 is 0.897 bits per heavy atom. The van der Waals surface area contributed by atoms with Crippen LogP contribution in [0.25, 0.3) is 11.1 Å². The zero-order chi connectivity index (χ0) is 20.0. The second-order valence-corrected chi connectivity index (χ2v) is 7.34. The highest BCUT2D eigenvalue weighted by atomic mass is 16.6. The SMILES string of the molecule is O=C([O-])[C@@H]1Cc2ccccc2N1C(=O)OCC1c2ccccc2-c2ccccc21. The van der Waals surface area contributed by atoms with Crippen molar-refractivity contribution in [2.24, 2.45) is 0 Å². The molecular weight excluding hydrogens is 366 g/mol. The molecule has 0 N–H and O–H groups in total. The maximum absolute atomic E-state index is 12.9. The number of rotatable bonds is 3. The lowest BCUT2D eigenvalue weighted by molar-refractivity contribution is -0.307. The minimum atomic E-state index is -1.28. The molecule has 0 spiro atoms. The lowest BCUT2D eigenvalue weighted by atomic mass is 9.98. The number of ether oxygens (including phenoxy) is 1. The van der Waals surface area contributed by atoms with Crippen molar-refractivity contribution >= 4 is 17.7 Å². The topological polar surface area (TPSA) is 69.7 Å². The van der Waals surface area contributed by atoms with Crippen LogP contribution in [-0.4, -0.2) is 24.7 Å². The van der Waals surface area contributed by atoms with Gasteiger partial charge in [0.25, 0.3) is 0 Å². The van der Waals surface area contributed by atoms with Crippen LogP contribution in [0.1, 0.15) is 22.6 Å². The molecule has 5 heteroatoms. The van der Waals surface area contributed by atoms with Gasteiger partial charge in [-0.25, -0.2) is 4.79 Å². The van der Waals surface area contributed by atoms with Gasteiger partial charge in [-0.15, -0.1) is 0 Å². The first kappa shape index (κ1) is 17.5. The van der Waals surface area contributed by atoms with Gasteiger partial charge in [-0.2, -0.15) is 0 Å². The summed E-state index contributed by atoms with van der Waals surface area (Å²) in [6.07, 6.45) is -0.436. The Hall–Kier alpha value is -3.60. The van der Waals surface area contributed by atoms with Gasteiger partial charge in [0.05, 0.1) is 17.7 Å². The van der Waals surface area contributed by atoms with Crippen LogP contribution in [0.3, 0.4) is 0 Å². The first-order chi connectivity index (χ1) is 14.1. The zero-order valence-corrected chi connectivity index (χ0v) is 15.6. The van der Waals surface area contributed by atoms with E-state index in [4.69, 9.17) is 4.74 Å². The number of aliphatic carboxylic acids is 1. The van der Waals surface area contributed by atoms with E-state index in [1.165, 1.54) is 4.90 Å². The van der Waals surface area contributed by atoms with Crippen LogP contribution < -0.4 is 10.0 Å². The lowest BCUT2D eigenvalue weighted by Gasteiger charge is -2.26. The molecule has 3 aromatic carbocycles. The summed E-state index contributed by atoms with van der Waals surface area (Å²) in [7, 11) is 0. The summed E-state index contributed by atoms with van der Waals surface area (Å²) in [4.78, 5) is 25.7. The molecule has 0 fully saturated rings. The van der Waals surface area contributed by atoms with Crippen molar-refractivity contribution in [2.45, 2.75) is 18.4 Å². The number of carbonyl (C=O) groups excluding carboxylic acids is 2. The summed E-state index contributed by atoms with van der Waals surface area (Å²) in [5.41, 5.74) is 5.88. The van der Waals surface area contributed by atoms with Gasteiger partial charge in [0.2, 0.25) is 0 Å². The van der Waals surface area contributed by atoms with Gasteiger partial charge in [-0.05, 0) is 33.9 Å². The number of benzene rings is 3. The van der Waals surface area contributed by atoms with Crippen LogP contribution in [0.4, 0.5) is 10.5 Å². The molecule has 5 rings (SSSR count). The minimum Gasteiger partial charge on any atom is -0.548 e. The molecule has 1 amide bonds. The minimum absolute atomic E-state index is 0.0781. The maximum atomic E-state index is 12.9. The number of para-hydroxylation sites is 1. The van der Waals surface area contributed by atoms with E-state index >= 15 is 0 Å². The van der Waals surface area contributed by atoms with Gasteiger partial charge in [-0.3, -0.25) is 4.90 Å². The monoisotopic (exact) mass is 384 g/mol. The van der Waals surface area contributed by atoms with Crippen molar-refractivity contribution in [1.82, 2.24) is 0 Å². The molecule has 144 valence electrons. The molecule has 1 aliphatic carbocycles. The molecule has 0 bridgehead atoms. The largest absolute Gasteiger partial charge is 0.548 e. The van der Waals surface area contributed by atoms with Crippen LogP contribution in [0, 0.1) is 0 Å². The van der Waals surface area contributed by atoms with Crippen molar-refractivity contribution in [1.29, 1.82) is 0 Å². The summed E-state index contributed by atoms with van der Waals surface area (Å²) in [6, 6.07) is 22.3. The van der Waals surface area contributed by atoms with Crippen molar-refractivity contribution in [2.75, 3.05) is 11.5 Å². The molecule has 2 aliphatic rings. The molecule has 0 unspecified atom stereocenters. The van der Waals surface area contributed by atoms with Crippen LogP contribution in [0.2, 0.25) is 0 Å². The van der Waals surface area contributed by atoms with E-state index in [1.807, 2.05) is 48.5 Å². The Morgan fingerprint density at radius 3 is 2.14 bits per heavy atom. The Kier molecular flexibility index (Phi) is 4.09. The van der Waals surface area contributed by atoms with Crippen molar-refractivity contribution in [3.05, 3.63) is 89.5 Å².